The molecule has 3 rings (SSSR count). The summed E-state index contributed by atoms with van der Waals surface area (Å²) in [7, 11) is -3.73. The highest BCUT2D eigenvalue weighted by Gasteiger charge is 2.26. The molecule has 8 nitrogen and oxygen atoms in total. The zero-order valence-electron chi connectivity index (χ0n) is 15.9. The Morgan fingerprint density at radius 2 is 1.93 bits per heavy atom. The molecular weight excluding hydrogens is 380 g/mol. The minimum absolute atomic E-state index is 0.0110. The van der Waals surface area contributed by atoms with Gasteiger partial charge in [0.25, 0.3) is 0 Å². The third kappa shape index (κ3) is 5.52. The first-order chi connectivity index (χ1) is 13.3. The number of carbonyl (C=O) groups is 2. The summed E-state index contributed by atoms with van der Waals surface area (Å²) in [4.78, 5) is 26.6. The van der Waals surface area contributed by atoms with Crippen molar-refractivity contribution in [2.75, 3.05) is 26.2 Å². The van der Waals surface area contributed by atoms with Gasteiger partial charge in [-0.2, -0.15) is 0 Å². The topological polar surface area (TPSA) is 122 Å². The molecule has 2 heterocycles. The number of sulfonamides is 1. The molecule has 0 bridgehead atoms. The average molecular weight is 409 g/mol. The number of benzene rings is 1. The van der Waals surface area contributed by atoms with Crippen molar-refractivity contribution in [3.8, 4) is 0 Å². The lowest BCUT2D eigenvalue weighted by Crippen LogP contribution is -2.47. The molecule has 9 heteroatoms. The number of rotatable bonds is 6. The van der Waals surface area contributed by atoms with Crippen LogP contribution >= 0.6 is 0 Å². The van der Waals surface area contributed by atoms with Crippen LogP contribution < -0.4 is 15.8 Å². The van der Waals surface area contributed by atoms with Gasteiger partial charge in [0, 0.05) is 19.6 Å². The van der Waals surface area contributed by atoms with Crippen molar-refractivity contribution < 1.29 is 18.0 Å². The molecule has 2 unspecified atom stereocenters. The lowest BCUT2D eigenvalue weighted by Gasteiger charge is -2.33. The maximum absolute atomic E-state index is 12.6. The first-order valence-corrected chi connectivity index (χ1v) is 11.3. The van der Waals surface area contributed by atoms with Gasteiger partial charge < -0.3 is 15.5 Å². The van der Waals surface area contributed by atoms with Crippen molar-refractivity contribution in [1.82, 2.24) is 15.5 Å². The average Bonchev–Trinajstić information content (AvgIpc) is 3.21. The Kier molecular flexibility index (Phi) is 6.69. The molecule has 1 aromatic carbocycles. The normalized spacial score (nSPS) is 22.8. The van der Waals surface area contributed by atoms with Gasteiger partial charge in [0.2, 0.25) is 21.8 Å². The predicted molar refractivity (Wildman–Crippen MR) is 105 cm³/mol. The van der Waals surface area contributed by atoms with Crippen LogP contribution in [0, 0.1) is 5.92 Å². The van der Waals surface area contributed by atoms with Gasteiger partial charge in [-0.1, -0.05) is 12.1 Å². The molecule has 2 aliphatic heterocycles. The largest absolute Gasteiger partial charge is 0.354 e. The number of nitrogens with zero attached hydrogens (tertiary/aromatic N) is 1. The van der Waals surface area contributed by atoms with E-state index in [1.54, 1.807) is 12.1 Å². The predicted octanol–water partition coefficient (Wildman–Crippen LogP) is -0.0167. The minimum atomic E-state index is -3.73. The van der Waals surface area contributed by atoms with E-state index in [9.17, 15) is 18.0 Å². The molecule has 4 N–H and O–H groups in total. The Labute approximate surface area is 165 Å². The van der Waals surface area contributed by atoms with Gasteiger partial charge in [-0.15, -0.1) is 0 Å². The van der Waals surface area contributed by atoms with Gasteiger partial charge in [0.1, 0.15) is 0 Å². The maximum Gasteiger partial charge on any atom is 0.238 e. The Hall–Kier alpha value is -1.97. The highest BCUT2D eigenvalue weighted by Crippen LogP contribution is 2.18. The van der Waals surface area contributed by atoms with E-state index >= 15 is 0 Å². The van der Waals surface area contributed by atoms with Crippen LogP contribution in [0.25, 0.3) is 0 Å². The van der Waals surface area contributed by atoms with E-state index in [0.29, 0.717) is 19.6 Å². The number of nitrogens with one attached hydrogen (secondary N) is 2. The van der Waals surface area contributed by atoms with E-state index in [0.717, 1.165) is 37.8 Å². The number of piperidine rings is 1. The highest BCUT2D eigenvalue weighted by atomic mass is 32.2. The third-order valence-electron chi connectivity index (χ3n) is 5.42. The fraction of sp³-hybridized carbons (Fsp3) is 0.579. The Morgan fingerprint density at radius 3 is 2.57 bits per heavy atom. The Morgan fingerprint density at radius 1 is 1.18 bits per heavy atom. The second-order valence-electron chi connectivity index (χ2n) is 7.61. The van der Waals surface area contributed by atoms with E-state index < -0.39 is 10.0 Å². The van der Waals surface area contributed by atoms with Crippen LogP contribution in [0.1, 0.15) is 31.2 Å². The Bertz CT molecular complexity index is 804. The van der Waals surface area contributed by atoms with E-state index in [2.05, 4.69) is 10.6 Å². The van der Waals surface area contributed by atoms with Crippen LogP contribution in [0.2, 0.25) is 0 Å². The van der Waals surface area contributed by atoms with Gasteiger partial charge in [0.15, 0.2) is 0 Å². The van der Waals surface area contributed by atoms with Gasteiger partial charge in [-0.25, -0.2) is 13.6 Å². The molecule has 0 saturated carbocycles. The molecule has 2 amide bonds. The zero-order chi connectivity index (χ0) is 20.1. The number of carbonyl (C=O) groups excluding carboxylic acids is 2. The van der Waals surface area contributed by atoms with E-state index in [1.807, 2.05) is 4.90 Å². The maximum atomic E-state index is 12.6. The summed E-state index contributed by atoms with van der Waals surface area (Å²) in [5.41, 5.74) is 0.750. The van der Waals surface area contributed by atoms with Crippen molar-refractivity contribution in [1.29, 1.82) is 0 Å². The summed E-state index contributed by atoms with van der Waals surface area (Å²) >= 11 is 0. The van der Waals surface area contributed by atoms with Crippen molar-refractivity contribution in [2.45, 2.75) is 43.0 Å². The first-order valence-electron chi connectivity index (χ1n) is 9.73. The van der Waals surface area contributed by atoms with Crippen molar-refractivity contribution in [3.05, 3.63) is 29.8 Å². The fourth-order valence-corrected chi connectivity index (χ4v) is 4.33. The van der Waals surface area contributed by atoms with Crippen molar-refractivity contribution >= 4 is 21.8 Å². The van der Waals surface area contributed by atoms with Crippen molar-refractivity contribution in [2.24, 2.45) is 11.1 Å². The van der Waals surface area contributed by atoms with Gasteiger partial charge in [0.05, 0.1) is 17.4 Å². The molecular formula is C19H28N4O4S. The molecule has 28 heavy (non-hydrogen) atoms. The van der Waals surface area contributed by atoms with Gasteiger partial charge >= 0.3 is 0 Å². The molecule has 0 aromatic heterocycles. The highest BCUT2D eigenvalue weighted by molar-refractivity contribution is 7.89. The number of primary sulfonamides is 1. The summed E-state index contributed by atoms with van der Waals surface area (Å²) < 4.78 is 22.6. The monoisotopic (exact) mass is 408 g/mol. The van der Waals surface area contributed by atoms with Crippen LogP contribution in [-0.2, 0) is 26.0 Å². The second-order valence-corrected chi connectivity index (χ2v) is 9.17. The lowest BCUT2D eigenvalue weighted by atomic mass is 9.97. The summed E-state index contributed by atoms with van der Waals surface area (Å²) in [6.07, 6.45) is 4.03. The van der Waals surface area contributed by atoms with Crippen LogP contribution in [0.3, 0.4) is 0 Å². The van der Waals surface area contributed by atoms with E-state index in [-0.39, 0.29) is 35.1 Å². The molecule has 2 atom stereocenters. The van der Waals surface area contributed by atoms with Gasteiger partial charge in [-0.05, 0) is 55.8 Å². The smallest absolute Gasteiger partial charge is 0.238 e. The lowest BCUT2D eigenvalue weighted by molar-refractivity contribution is -0.132. The number of hydrogen-bond acceptors (Lipinski definition) is 5. The molecule has 2 aliphatic rings. The molecule has 1 aromatic rings. The SMILES string of the molecule is NS(=O)(=O)c1ccc(CC(=O)N2CCCC(CNC(=O)C3CCCN3)C2)cc1. The summed E-state index contributed by atoms with van der Waals surface area (Å²) in [6, 6.07) is 6.00. The fourth-order valence-electron chi connectivity index (χ4n) is 3.82. The zero-order valence-corrected chi connectivity index (χ0v) is 16.7. The Balaban J connectivity index is 1.49. The third-order valence-corrected chi connectivity index (χ3v) is 6.35. The number of hydrogen-bond donors (Lipinski definition) is 3. The quantitative estimate of drug-likeness (QED) is 0.611. The summed E-state index contributed by atoms with van der Waals surface area (Å²) in [5, 5.41) is 11.3. The van der Waals surface area contributed by atoms with E-state index in [1.165, 1.54) is 12.1 Å². The summed E-state index contributed by atoms with van der Waals surface area (Å²) in [6.45, 7) is 2.82. The van der Waals surface area contributed by atoms with Crippen LogP contribution in [-0.4, -0.2) is 57.4 Å². The number of likely N-dealkylation sites (tertiary alicyclic amines) is 1. The van der Waals surface area contributed by atoms with Gasteiger partial charge in [-0.3, -0.25) is 9.59 Å². The minimum Gasteiger partial charge on any atom is -0.354 e. The van der Waals surface area contributed by atoms with Crippen molar-refractivity contribution in [3.63, 3.8) is 0 Å². The van der Waals surface area contributed by atoms with Crippen LogP contribution in [0.5, 0.6) is 0 Å². The molecule has 154 valence electrons. The number of nitrogens with two attached hydrogens (primary N) is 1. The number of amides is 2. The molecule has 0 radical (unpaired) electrons. The van der Waals surface area contributed by atoms with Crippen LogP contribution in [0.4, 0.5) is 0 Å². The standard InChI is InChI=1S/C19H28N4O4S/c20-28(26,27)16-7-5-14(6-8-16)11-18(24)23-10-2-3-15(13-23)12-22-19(25)17-4-1-9-21-17/h5-8,15,17,21H,1-4,9-13H2,(H,22,25)(H2,20,26,27). The first kappa shape index (κ1) is 20.8. The summed E-state index contributed by atoms with van der Waals surface area (Å²) in [5.74, 6) is 0.320. The molecule has 0 spiro atoms. The van der Waals surface area contributed by atoms with Crippen LogP contribution in [0.15, 0.2) is 29.2 Å². The molecule has 2 fully saturated rings. The second kappa shape index (κ2) is 9.02. The van der Waals surface area contributed by atoms with E-state index in [4.69, 9.17) is 5.14 Å². The molecule has 0 aliphatic carbocycles. The molecule has 2 saturated heterocycles.